The van der Waals surface area contributed by atoms with Crippen molar-refractivity contribution >= 4 is 15.9 Å². The van der Waals surface area contributed by atoms with E-state index in [4.69, 9.17) is 0 Å². The second-order valence-corrected chi connectivity index (χ2v) is 5.69. The lowest BCUT2D eigenvalue weighted by Gasteiger charge is -2.18. The highest BCUT2D eigenvalue weighted by atomic mass is 79.9. The molecule has 1 unspecified atom stereocenters. The molecule has 0 aliphatic rings. The van der Waals surface area contributed by atoms with Gasteiger partial charge in [0.2, 0.25) is 0 Å². The number of nitrogens with zero attached hydrogens (tertiary/aromatic N) is 4. The Morgan fingerprint density at radius 1 is 1.35 bits per heavy atom. The SMILES string of the molecule is CCNC(Cc1c(Br)c(CC)nn1C)c1nccn1C. The van der Waals surface area contributed by atoms with Crippen LogP contribution in [0.15, 0.2) is 16.9 Å². The summed E-state index contributed by atoms with van der Waals surface area (Å²) in [5, 5.41) is 8.07. The van der Waals surface area contributed by atoms with Crippen molar-refractivity contribution in [2.24, 2.45) is 14.1 Å². The van der Waals surface area contributed by atoms with Crippen LogP contribution in [0.5, 0.6) is 0 Å². The Balaban J connectivity index is 2.29. The van der Waals surface area contributed by atoms with Crippen molar-refractivity contribution in [2.45, 2.75) is 32.7 Å². The highest BCUT2D eigenvalue weighted by Gasteiger charge is 2.20. The van der Waals surface area contributed by atoms with Crippen LogP contribution in [0.4, 0.5) is 0 Å². The number of likely N-dealkylation sites (N-methyl/N-ethyl adjacent to an activating group) is 1. The molecule has 1 N–H and O–H groups in total. The first-order chi connectivity index (χ1) is 9.58. The lowest BCUT2D eigenvalue weighted by Crippen LogP contribution is -2.26. The van der Waals surface area contributed by atoms with Gasteiger partial charge < -0.3 is 9.88 Å². The van der Waals surface area contributed by atoms with E-state index in [1.807, 2.05) is 31.2 Å². The molecule has 0 saturated carbocycles. The van der Waals surface area contributed by atoms with Crippen LogP contribution in [0.2, 0.25) is 0 Å². The number of aromatic nitrogens is 4. The summed E-state index contributed by atoms with van der Waals surface area (Å²) in [4.78, 5) is 4.47. The minimum atomic E-state index is 0.191. The molecule has 2 aromatic heterocycles. The summed E-state index contributed by atoms with van der Waals surface area (Å²) in [5.41, 5.74) is 2.31. The summed E-state index contributed by atoms with van der Waals surface area (Å²) in [7, 11) is 4.03. The van der Waals surface area contributed by atoms with Gasteiger partial charge in [-0.25, -0.2) is 4.98 Å². The van der Waals surface area contributed by atoms with E-state index in [-0.39, 0.29) is 6.04 Å². The third-order valence-corrected chi connectivity index (χ3v) is 4.44. The molecule has 0 bridgehead atoms. The Hall–Kier alpha value is -1.14. The Kier molecular flexibility index (Phi) is 4.99. The monoisotopic (exact) mass is 339 g/mol. The zero-order valence-corrected chi connectivity index (χ0v) is 14.1. The van der Waals surface area contributed by atoms with E-state index >= 15 is 0 Å². The molecular weight excluding hydrogens is 318 g/mol. The highest BCUT2D eigenvalue weighted by molar-refractivity contribution is 9.10. The lowest BCUT2D eigenvalue weighted by atomic mass is 10.1. The Labute approximate surface area is 128 Å². The van der Waals surface area contributed by atoms with Crippen LogP contribution in [-0.2, 0) is 26.9 Å². The number of halogens is 1. The Morgan fingerprint density at radius 3 is 2.60 bits per heavy atom. The molecule has 0 aliphatic heterocycles. The summed E-state index contributed by atoms with van der Waals surface area (Å²) < 4.78 is 5.16. The molecule has 0 aromatic carbocycles. The summed E-state index contributed by atoms with van der Waals surface area (Å²) in [6.07, 6.45) is 5.62. The molecule has 6 heteroatoms. The first-order valence-corrected chi connectivity index (χ1v) is 7.78. The minimum Gasteiger partial charge on any atom is -0.337 e. The van der Waals surface area contributed by atoms with Gasteiger partial charge in [-0.2, -0.15) is 5.10 Å². The van der Waals surface area contributed by atoms with Crippen molar-refractivity contribution in [3.05, 3.63) is 34.1 Å². The van der Waals surface area contributed by atoms with Crippen LogP contribution < -0.4 is 5.32 Å². The van der Waals surface area contributed by atoms with E-state index in [2.05, 4.69) is 49.7 Å². The second kappa shape index (κ2) is 6.54. The topological polar surface area (TPSA) is 47.7 Å². The average Bonchev–Trinajstić information content (AvgIpc) is 2.96. The van der Waals surface area contributed by atoms with Gasteiger partial charge in [0, 0.05) is 32.9 Å². The van der Waals surface area contributed by atoms with Crippen molar-refractivity contribution in [3.63, 3.8) is 0 Å². The number of imidazole rings is 1. The quantitative estimate of drug-likeness (QED) is 0.878. The van der Waals surface area contributed by atoms with Gasteiger partial charge in [-0.05, 0) is 28.9 Å². The summed E-state index contributed by atoms with van der Waals surface area (Å²) in [6.45, 7) is 5.15. The third kappa shape index (κ3) is 2.96. The van der Waals surface area contributed by atoms with Crippen molar-refractivity contribution in [1.29, 1.82) is 0 Å². The normalized spacial score (nSPS) is 12.8. The summed E-state index contributed by atoms with van der Waals surface area (Å²) in [6, 6.07) is 0.191. The van der Waals surface area contributed by atoms with Gasteiger partial charge in [0.1, 0.15) is 5.82 Å². The fourth-order valence-electron chi connectivity index (χ4n) is 2.45. The fourth-order valence-corrected chi connectivity index (χ4v) is 3.23. The van der Waals surface area contributed by atoms with Gasteiger partial charge in [0.05, 0.1) is 21.9 Å². The standard InChI is InChI=1S/C14H22BrN5/c1-5-10-13(15)12(20(4)18-10)9-11(16-6-2)14-17-7-8-19(14)3/h7-8,11,16H,5-6,9H2,1-4H3. The molecule has 0 saturated heterocycles. The predicted molar refractivity (Wildman–Crippen MR) is 83.6 cm³/mol. The zero-order valence-electron chi connectivity index (χ0n) is 12.5. The van der Waals surface area contributed by atoms with Crippen molar-refractivity contribution in [1.82, 2.24) is 24.6 Å². The van der Waals surface area contributed by atoms with Gasteiger partial charge in [0.25, 0.3) is 0 Å². The van der Waals surface area contributed by atoms with E-state index in [1.165, 1.54) is 5.69 Å². The number of hydrogen-bond donors (Lipinski definition) is 1. The average molecular weight is 340 g/mol. The molecule has 20 heavy (non-hydrogen) atoms. The van der Waals surface area contributed by atoms with E-state index in [1.54, 1.807) is 0 Å². The van der Waals surface area contributed by atoms with E-state index in [9.17, 15) is 0 Å². The largest absolute Gasteiger partial charge is 0.337 e. The van der Waals surface area contributed by atoms with Crippen LogP contribution in [0.25, 0.3) is 0 Å². The molecule has 0 aliphatic carbocycles. The maximum atomic E-state index is 4.56. The fraction of sp³-hybridized carbons (Fsp3) is 0.571. The molecule has 1 atom stereocenters. The zero-order chi connectivity index (χ0) is 14.7. The minimum absolute atomic E-state index is 0.191. The molecule has 0 spiro atoms. The Bertz CT molecular complexity index is 572. The molecule has 5 nitrogen and oxygen atoms in total. The van der Waals surface area contributed by atoms with Gasteiger partial charge in [0.15, 0.2) is 0 Å². The van der Waals surface area contributed by atoms with Crippen LogP contribution >= 0.6 is 15.9 Å². The maximum absolute atomic E-state index is 4.56. The molecule has 2 rings (SSSR count). The van der Waals surface area contributed by atoms with Crippen molar-refractivity contribution in [3.8, 4) is 0 Å². The van der Waals surface area contributed by atoms with Crippen molar-refractivity contribution in [2.75, 3.05) is 6.54 Å². The summed E-state index contributed by atoms with van der Waals surface area (Å²) >= 11 is 3.69. The molecule has 0 fully saturated rings. The number of nitrogens with one attached hydrogen (secondary N) is 1. The number of rotatable bonds is 6. The highest BCUT2D eigenvalue weighted by Crippen LogP contribution is 2.26. The van der Waals surface area contributed by atoms with E-state index < -0.39 is 0 Å². The first-order valence-electron chi connectivity index (χ1n) is 6.99. The number of hydrogen-bond acceptors (Lipinski definition) is 3. The first kappa shape index (κ1) is 15.3. The molecule has 2 aromatic rings. The molecule has 110 valence electrons. The maximum Gasteiger partial charge on any atom is 0.125 e. The van der Waals surface area contributed by atoms with Gasteiger partial charge >= 0.3 is 0 Å². The predicted octanol–water partition coefficient (Wildman–Crippen LogP) is 2.37. The van der Waals surface area contributed by atoms with Crippen LogP contribution in [0, 0.1) is 0 Å². The molecule has 0 radical (unpaired) electrons. The smallest absolute Gasteiger partial charge is 0.125 e. The number of aryl methyl sites for hydroxylation is 3. The Morgan fingerprint density at radius 2 is 2.10 bits per heavy atom. The summed E-state index contributed by atoms with van der Waals surface area (Å²) in [5.74, 6) is 1.05. The van der Waals surface area contributed by atoms with Crippen LogP contribution in [-0.4, -0.2) is 25.9 Å². The third-order valence-electron chi connectivity index (χ3n) is 3.52. The second-order valence-electron chi connectivity index (χ2n) is 4.90. The van der Waals surface area contributed by atoms with Gasteiger partial charge in [-0.15, -0.1) is 0 Å². The van der Waals surface area contributed by atoms with Gasteiger partial charge in [-0.1, -0.05) is 13.8 Å². The van der Waals surface area contributed by atoms with E-state index in [0.717, 1.165) is 35.4 Å². The molecule has 0 amide bonds. The van der Waals surface area contributed by atoms with Crippen LogP contribution in [0.3, 0.4) is 0 Å². The molecule has 2 heterocycles. The molecular formula is C14H22BrN5. The van der Waals surface area contributed by atoms with E-state index in [0.29, 0.717) is 0 Å². The van der Waals surface area contributed by atoms with Crippen LogP contribution in [0.1, 0.15) is 37.1 Å². The van der Waals surface area contributed by atoms with Gasteiger partial charge in [-0.3, -0.25) is 4.68 Å². The van der Waals surface area contributed by atoms with Crippen molar-refractivity contribution < 1.29 is 0 Å². The lowest BCUT2D eigenvalue weighted by molar-refractivity contribution is 0.490.